The first-order valence-electron chi connectivity index (χ1n) is 5.50. The Bertz CT molecular complexity index is 273. The van der Waals surface area contributed by atoms with Gasteiger partial charge in [0.15, 0.2) is 5.12 Å². The molecule has 0 radical (unpaired) electrons. The lowest BCUT2D eigenvalue weighted by Crippen LogP contribution is -2.41. The number of nitrogens with zero attached hydrogens (tertiary/aromatic N) is 1. The van der Waals surface area contributed by atoms with Gasteiger partial charge in [0.25, 0.3) is 0 Å². The van der Waals surface area contributed by atoms with Gasteiger partial charge in [-0.3, -0.25) is 9.59 Å². The van der Waals surface area contributed by atoms with E-state index in [4.69, 9.17) is 10.2 Å². The summed E-state index contributed by atoms with van der Waals surface area (Å²) in [6.07, 6.45) is -0.645. The second kappa shape index (κ2) is 6.98. The zero-order valence-electron chi connectivity index (χ0n) is 10.8. The van der Waals surface area contributed by atoms with Gasteiger partial charge in [0.2, 0.25) is 0 Å². The minimum Gasteiger partial charge on any atom is -0.481 e. The molecular formula is C11H22NO4S+. The van der Waals surface area contributed by atoms with Crippen molar-refractivity contribution in [3.63, 3.8) is 0 Å². The number of carboxylic acid groups (broad SMARTS) is 1. The summed E-state index contributed by atoms with van der Waals surface area (Å²) in [6, 6.07) is 0. The van der Waals surface area contributed by atoms with Crippen LogP contribution in [0.1, 0.15) is 19.8 Å². The normalized spacial score (nSPS) is 15.4. The molecule has 2 atom stereocenters. The van der Waals surface area contributed by atoms with Gasteiger partial charge in [0, 0.05) is 6.42 Å². The van der Waals surface area contributed by atoms with Crippen LogP contribution in [-0.2, 0) is 9.59 Å². The minimum atomic E-state index is -0.902. The van der Waals surface area contributed by atoms with E-state index in [9.17, 15) is 9.59 Å². The van der Waals surface area contributed by atoms with Gasteiger partial charge in [0.1, 0.15) is 0 Å². The van der Waals surface area contributed by atoms with Crippen LogP contribution in [-0.4, -0.2) is 64.8 Å². The predicted octanol–water partition coefficient (Wildman–Crippen LogP) is 0.567. The number of carbonyl (C=O) groups excluding carboxylic acids is 1. The molecule has 0 rings (SSSR count). The number of hydrogen-bond acceptors (Lipinski definition) is 4. The van der Waals surface area contributed by atoms with Crippen molar-refractivity contribution >= 4 is 22.8 Å². The van der Waals surface area contributed by atoms with Crippen LogP contribution in [0.5, 0.6) is 0 Å². The van der Waals surface area contributed by atoms with E-state index in [0.717, 1.165) is 11.8 Å². The van der Waals surface area contributed by atoms with Gasteiger partial charge in [-0.25, -0.2) is 0 Å². The fourth-order valence-corrected chi connectivity index (χ4v) is 2.88. The van der Waals surface area contributed by atoms with Crippen LogP contribution >= 0.6 is 11.8 Å². The Balaban J connectivity index is 4.38. The number of aliphatic hydroxyl groups is 1. The zero-order chi connectivity index (χ0) is 13.6. The summed E-state index contributed by atoms with van der Waals surface area (Å²) in [6.45, 7) is 2.15. The number of hydrogen-bond donors (Lipinski definition) is 2. The third kappa shape index (κ3) is 10.3. The summed E-state index contributed by atoms with van der Waals surface area (Å²) < 4.78 is 0.604. The lowest BCUT2D eigenvalue weighted by Gasteiger charge is -2.28. The third-order valence-electron chi connectivity index (χ3n) is 1.91. The molecule has 0 aliphatic carbocycles. The van der Waals surface area contributed by atoms with Gasteiger partial charge in [-0.15, -0.1) is 0 Å². The number of aliphatic carboxylic acids is 1. The van der Waals surface area contributed by atoms with Crippen molar-refractivity contribution in [2.75, 3.05) is 27.7 Å². The lowest BCUT2D eigenvalue weighted by atomic mass is 10.3. The SMILES string of the molecule is C[C@H](O)CC(=O)SC(CC(=O)O)C[N+](C)(C)C. The number of quaternary nitrogens is 1. The van der Waals surface area contributed by atoms with E-state index in [-0.39, 0.29) is 23.2 Å². The van der Waals surface area contributed by atoms with Crippen molar-refractivity contribution in [1.29, 1.82) is 0 Å². The molecule has 100 valence electrons. The monoisotopic (exact) mass is 264 g/mol. The van der Waals surface area contributed by atoms with Gasteiger partial charge in [-0.1, -0.05) is 11.8 Å². The second-order valence-corrected chi connectivity index (χ2v) is 6.59. The molecule has 1 unspecified atom stereocenters. The molecule has 0 aromatic heterocycles. The summed E-state index contributed by atoms with van der Waals surface area (Å²) in [5.74, 6) is -0.902. The molecule has 0 spiro atoms. The van der Waals surface area contributed by atoms with E-state index in [1.54, 1.807) is 6.92 Å². The molecule has 0 bridgehead atoms. The summed E-state index contributed by atoms with van der Waals surface area (Å²) in [7, 11) is 5.86. The standard InChI is InChI=1S/C11H21NO4S/c1-8(13)5-11(16)17-9(6-10(14)15)7-12(2,3)4/h8-9,13H,5-7H2,1-4H3/p+1/t8-,9?/m0/s1. The Morgan fingerprint density at radius 1 is 1.24 bits per heavy atom. The number of rotatable bonds is 7. The summed E-state index contributed by atoms with van der Waals surface area (Å²) >= 11 is 1.03. The van der Waals surface area contributed by atoms with Crippen LogP contribution < -0.4 is 0 Å². The molecule has 6 heteroatoms. The molecule has 5 nitrogen and oxygen atoms in total. The first-order valence-corrected chi connectivity index (χ1v) is 6.38. The van der Waals surface area contributed by atoms with Crippen LogP contribution in [0.4, 0.5) is 0 Å². The van der Waals surface area contributed by atoms with Gasteiger partial charge < -0.3 is 14.7 Å². The van der Waals surface area contributed by atoms with Gasteiger partial charge in [0.05, 0.1) is 45.5 Å². The van der Waals surface area contributed by atoms with Crippen LogP contribution in [0.15, 0.2) is 0 Å². The summed E-state index contributed by atoms with van der Waals surface area (Å²) in [5.41, 5.74) is 0. The van der Waals surface area contributed by atoms with E-state index in [1.807, 2.05) is 21.1 Å². The number of carboxylic acids is 1. The topological polar surface area (TPSA) is 74.6 Å². The number of thioether (sulfide) groups is 1. The molecule has 0 fully saturated rings. The second-order valence-electron chi connectivity index (χ2n) is 5.24. The maximum absolute atomic E-state index is 11.5. The van der Waals surface area contributed by atoms with Crippen molar-refractivity contribution in [1.82, 2.24) is 0 Å². The van der Waals surface area contributed by atoms with Crippen molar-refractivity contribution in [3.05, 3.63) is 0 Å². The van der Waals surface area contributed by atoms with E-state index < -0.39 is 12.1 Å². The molecule has 2 N–H and O–H groups in total. The first kappa shape index (κ1) is 16.4. The molecule has 0 saturated carbocycles. The Kier molecular flexibility index (Phi) is 6.74. The molecule has 0 amide bonds. The molecule has 0 saturated heterocycles. The van der Waals surface area contributed by atoms with Crippen molar-refractivity contribution in [2.45, 2.75) is 31.1 Å². The molecule has 0 aliphatic heterocycles. The smallest absolute Gasteiger partial charge is 0.304 e. The van der Waals surface area contributed by atoms with E-state index in [2.05, 4.69) is 0 Å². The van der Waals surface area contributed by atoms with Gasteiger partial charge in [-0.2, -0.15) is 0 Å². The zero-order valence-corrected chi connectivity index (χ0v) is 11.7. The van der Waals surface area contributed by atoms with Crippen molar-refractivity contribution in [2.24, 2.45) is 0 Å². The van der Waals surface area contributed by atoms with E-state index >= 15 is 0 Å². The Labute approximate surface area is 106 Å². The quantitative estimate of drug-likeness (QED) is 0.657. The molecule has 0 aliphatic rings. The van der Waals surface area contributed by atoms with Gasteiger partial charge in [-0.05, 0) is 6.92 Å². The Morgan fingerprint density at radius 3 is 2.12 bits per heavy atom. The predicted molar refractivity (Wildman–Crippen MR) is 67.8 cm³/mol. The third-order valence-corrected chi connectivity index (χ3v) is 2.99. The van der Waals surface area contributed by atoms with Crippen LogP contribution in [0.2, 0.25) is 0 Å². The number of aliphatic hydroxyl groups excluding tert-OH is 1. The van der Waals surface area contributed by atoms with Crippen LogP contribution in [0.25, 0.3) is 0 Å². The Morgan fingerprint density at radius 2 is 1.76 bits per heavy atom. The highest BCUT2D eigenvalue weighted by Crippen LogP contribution is 2.20. The molecule has 0 aromatic rings. The highest BCUT2D eigenvalue weighted by Gasteiger charge is 2.24. The average molecular weight is 264 g/mol. The average Bonchev–Trinajstić information content (AvgIpc) is 1.95. The Hall–Kier alpha value is -0.590. The van der Waals surface area contributed by atoms with Crippen molar-refractivity contribution in [3.8, 4) is 0 Å². The summed E-state index contributed by atoms with van der Waals surface area (Å²) in [4.78, 5) is 22.3. The number of carbonyl (C=O) groups is 2. The van der Waals surface area contributed by atoms with Crippen molar-refractivity contribution < 1.29 is 24.3 Å². The maximum atomic E-state index is 11.5. The fraction of sp³-hybridized carbons (Fsp3) is 0.818. The lowest BCUT2D eigenvalue weighted by molar-refractivity contribution is -0.869. The van der Waals surface area contributed by atoms with Crippen LogP contribution in [0.3, 0.4) is 0 Å². The molecular weight excluding hydrogens is 242 g/mol. The highest BCUT2D eigenvalue weighted by atomic mass is 32.2. The van der Waals surface area contributed by atoms with E-state index in [0.29, 0.717) is 11.0 Å². The molecule has 0 heterocycles. The highest BCUT2D eigenvalue weighted by molar-refractivity contribution is 8.14. The summed E-state index contributed by atoms with van der Waals surface area (Å²) in [5, 5.41) is 17.5. The maximum Gasteiger partial charge on any atom is 0.304 e. The fourth-order valence-electron chi connectivity index (χ4n) is 1.42. The molecule has 0 aromatic carbocycles. The van der Waals surface area contributed by atoms with Crippen LogP contribution in [0, 0.1) is 0 Å². The first-order chi connectivity index (χ1) is 7.60. The van der Waals surface area contributed by atoms with Gasteiger partial charge >= 0.3 is 5.97 Å². The minimum absolute atomic E-state index is 0.0360. The largest absolute Gasteiger partial charge is 0.481 e. The van der Waals surface area contributed by atoms with E-state index in [1.165, 1.54) is 0 Å². The molecule has 17 heavy (non-hydrogen) atoms.